The third-order valence-electron chi connectivity index (χ3n) is 8.42. The molecule has 5 rings (SSSR count). The van der Waals surface area contributed by atoms with Crippen LogP contribution in [0.4, 0.5) is 5.69 Å². The molecule has 0 aliphatic carbocycles. The number of aliphatic hydroxyl groups is 1. The van der Waals surface area contributed by atoms with E-state index in [0.29, 0.717) is 5.69 Å². The van der Waals surface area contributed by atoms with Crippen LogP contribution in [0.2, 0.25) is 0 Å². The number of non-ortho nitro benzene ring substituents is 1. The zero-order valence-corrected chi connectivity index (χ0v) is 25.9. The van der Waals surface area contributed by atoms with Crippen molar-refractivity contribution in [3.63, 3.8) is 0 Å². The molecule has 0 fully saturated rings. The lowest BCUT2D eigenvalue weighted by molar-refractivity contribution is -0.384. The van der Waals surface area contributed by atoms with E-state index in [0.717, 1.165) is 39.7 Å². The van der Waals surface area contributed by atoms with Crippen molar-refractivity contribution in [1.29, 1.82) is 0 Å². The highest BCUT2D eigenvalue weighted by Gasteiger charge is 2.35. The molecule has 1 aromatic heterocycles. The summed E-state index contributed by atoms with van der Waals surface area (Å²) in [6.07, 6.45) is -0.639. The number of amides is 1. The highest BCUT2D eigenvalue weighted by Crippen LogP contribution is 2.38. The average molecular weight is 621 g/mol. The van der Waals surface area contributed by atoms with Crippen LogP contribution in [0.5, 0.6) is 0 Å². The molecule has 4 aromatic rings. The lowest BCUT2D eigenvalue weighted by atomic mass is 9.96. The van der Waals surface area contributed by atoms with E-state index in [4.69, 9.17) is 4.74 Å². The molecule has 2 heterocycles. The van der Waals surface area contributed by atoms with Gasteiger partial charge in [0.2, 0.25) is 10.0 Å². The van der Waals surface area contributed by atoms with Gasteiger partial charge in [0.25, 0.3) is 11.6 Å². The molecular weight excluding hydrogens is 584 g/mol. The van der Waals surface area contributed by atoms with Crippen LogP contribution in [-0.2, 0) is 28.4 Å². The summed E-state index contributed by atoms with van der Waals surface area (Å²) >= 11 is 0. The molecule has 232 valence electrons. The molecule has 0 spiro atoms. The summed E-state index contributed by atoms with van der Waals surface area (Å²) in [5.74, 6) is -0.583. The molecule has 1 N–H and O–H groups in total. The minimum Gasteiger partial charge on any atom is -0.394 e. The zero-order chi connectivity index (χ0) is 31.8. The van der Waals surface area contributed by atoms with Crippen LogP contribution in [0.25, 0.3) is 22.0 Å². The van der Waals surface area contributed by atoms with Gasteiger partial charge < -0.3 is 19.3 Å². The Bertz CT molecular complexity index is 1800. The quantitative estimate of drug-likeness (QED) is 0.239. The second kappa shape index (κ2) is 12.5. The largest absolute Gasteiger partial charge is 0.394 e. The van der Waals surface area contributed by atoms with Gasteiger partial charge in [-0.25, -0.2) is 8.42 Å². The summed E-state index contributed by atoms with van der Waals surface area (Å²) in [7, 11) is -0.710. The van der Waals surface area contributed by atoms with Crippen LogP contribution < -0.4 is 0 Å². The topological polar surface area (TPSA) is 135 Å². The molecule has 3 atom stereocenters. The molecule has 1 aliphatic rings. The summed E-state index contributed by atoms with van der Waals surface area (Å²) in [6, 6.07) is 19.8. The number of hydrogen-bond acceptors (Lipinski definition) is 7. The van der Waals surface area contributed by atoms with E-state index < -0.39 is 27.1 Å². The maximum absolute atomic E-state index is 14.5. The number of fused-ring (bicyclic) bond motifs is 5. The molecule has 0 unspecified atom stereocenters. The number of nitro groups is 1. The first-order valence-corrected chi connectivity index (χ1v) is 15.8. The third kappa shape index (κ3) is 5.73. The number of para-hydroxylation sites is 1. The number of likely N-dealkylation sites (N-methyl/N-ethyl adjacent to an activating group) is 1. The first-order chi connectivity index (χ1) is 20.9. The smallest absolute Gasteiger partial charge is 0.271 e. The van der Waals surface area contributed by atoms with Gasteiger partial charge >= 0.3 is 0 Å². The number of nitro benzene ring substituents is 1. The van der Waals surface area contributed by atoms with Gasteiger partial charge in [0.15, 0.2) is 0 Å². The monoisotopic (exact) mass is 620 g/mol. The van der Waals surface area contributed by atoms with Crippen molar-refractivity contribution >= 4 is 32.5 Å². The minimum atomic E-state index is -4.01. The molecule has 0 saturated carbocycles. The molecule has 1 amide bonds. The maximum atomic E-state index is 14.5. The summed E-state index contributed by atoms with van der Waals surface area (Å²) in [5, 5.41) is 22.2. The van der Waals surface area contributed by atoms with E-state index in [2.05, 4.69) is 0 Å². The third-order valence-corrected chi connectivity index (χ3v) is 10.3. The van der Waals surface area contributed by atoms with Crippen LogP contribution in [0.3, 0.4) is 0 Å². The molecule has 11 nitrogen and oxygen atoms in total. The number of rotatable bonds is 7. The number of sulfonamides is 1. The number of aliphatic hydroxyl groups excluding tert-OH is 1. The lowest BCUT2D eigenvalue weighted by Gasteiger charge is -2.35. The zero-order valence-electron chi connectivity index (χ0n) is 25.1. The molecule has 0 radical (unpaired) electrons. The Labute approximate surface area is 256 Å². The summed E-state index contributed by atoms with van der Waals surface area (Å²) < 4.78 is 36.5. The first kappa shape index (κ1) is 31.3. The van der Waals surface area contributed by atoms with Gasteiger partial charge in [0.05, 0.1) is 35.2 Å². The van der Waals surface area contributed by atoms with Gasteiger partial charge in [-0.05, 0) is 36.2 Å². The van der Waals surface area contributed by atoms with Crippen molar-refractivity contribution in [3.8, 4) is 11.1 Å². The number of aryl methyl sites for hydroxylation is 1. The highest BCUT2D eigenvalue weighted by atomic mass is 32.2. The molecule has 1 aliphatic heterocycles. The number of carbonyl (C=O) groups excluding carboxylic acids is 1. The van der Waals surface area contributed by atoms with Crippen molar-refractivity contribution in [2.75, 3.05) is 26.7 Å². The number of aromatic nitrogens is 1. The van der Waals surface area contributed by atoms with Gasteiger partial charge in [-0.1, -0.05) is 49.4 Å². The predicted molar refractivity (Wildman–Crippen MR) is 167 cm³/mol. The number of carbonyl (C=O) groups is 1. The van der Waals surface area contributed by atoms with Crippen LogP contribution >= 0.6 is 0 Å². The minimum absolute atomic E-state index is 0.0337. The maximum Gasteiger partial charge on any atom is 0.271 e. The second-order valence-electron chi connectivity index (χ2n) is 11.3. The number of benzene rings is 3. The summed E-state index contributed by atoms with van der Waals surface area (Å²) in [6.45, 7) is 3.76. The fourth-order valence-corrected chi connectivity index (χ4v) is 6.98. The van der Waals surface area contributed by atoms with Gasteiger partial charge in [0.1, 0.15) is 5.69 Å². The Morgan fingerprint density at radius 1 is 1.09 bits per heavy atom. The van der Waals surface area contributed by atoms with Crippen LogP contribution in [-0.4, -0.2) is 77.0 Å². The normalized spacial score (nSPS) is 18.5. The van der Waals surface area contributed by atoms with Crippen LogP contribution in [0, 0.1) is 16.0 Å². The van der Waals surface area contributed by atoms with Crippen molar-refractivity contribution < 1.29 is 28.0 Å². The molecule has 0 saturated heterocycles. The fourth-order valence-electron chi connectivity index (χ4n) is 5.80. The molecule has 0 bridgehead atoms. The molecule has 3 aromatic carbocycles. The van der Waals surface area contributed by atoms with Crippen LogP contribution in [0.15, 0.2) is 77.7 Å². The molecule has 44 heavy (non-hydrogen) atoms. The van der Waals surface area contributed by atoms with Crippen molar-refractivity contribution in [2.24, 2.45) is 13.0 Å². The number of nitrogens with zero attached hydrogens (tertiary/aromatic N) is 4. The van der Waals surface area contributed by atoms with Gasteiger partial charge in [-0.3, -0.25) is 14.9 Å². The van der Waals surface area contributed by atoms with Crippen molar-refractivity contribution in [2.45, 2.75) is 37.5 Å². The Kier molecular flexibility index (Phi) is 8.89. The van der Waals surface area contributed by atoms with Crippen LogP contribution in [0.1, 0.15) is 29.9 Å². The Morgan fingerprint density at radius 3 is 2.43 bits per heavy atom. The molecular formula is C32H36N4O7S. The van der Waals surface area contributed by atoms with E-state index in [1.807, 2.05) is 67.1 Å². The van der Waals surface area contributed by atoms with E-state index in [9.17, 15) is 28.4 Å². The van der Waals surface area contributed by atoms with Gasteiger partial charge in [-0.15, -0.1) is 0 Å². The number of hydrogen-bond donors (Lipinski definition) is 1. The average Bonchev–Trinajstić information content (AvgIpc) is 3.31. The van der Waals surface area contributed by atoms with E-state index in [1.54, 1.807) is 11.8 Å². The first-order valence-electron chi connectivity index (χ1n) is 14.4. The highest BCUT2D eigenvalue weighted by molar-refractivity contribution is 7.89. The van der Waals surface area contributed by atoms with Crippen molar-refractivity contribution in [1.82, 2.24) is 13.8 Å². The fraction of sp³-hybridized carbons (Fsp3) is 0.344. The number of ether oxygens (including phenoxy) is 1. The predicted octanol–water partition coefficient (Wildman–Crippen LogP) is 4.43. The Hall–Kier alpha value is -4.10. The van der Waals surface area contributed by atoms with Gasteiger partial charge in [0, 0.05) is 61.7 Å². The summed E-state index contributed by atoms with van der Waals surface area (Å²) in [5.41, 5.74) is 3.67. The van der Waals surface area contributed by atoms with E-state index in [1.165, 1.54) is 23.5 Å². The van der Waals surface area contributed by atoms with Crippen molar-refractivity contribution in [3.05, 3.63) is 94.2 Å². The Morgan fingerprint density at radius 2 is 1.75 bits per heavy atom. The van der Waals surface area contributed by atoms with E-state index >= 15 is 0 Å². The summed E-state index contributed by atoms with van der Waals surface area (Å²) in [4.78, 5) is 26.5. The lowest BCUT2D eigenvalue weighted by Crippen LogP contribution is -2.48. The SMILES string of the molecule is C[C@H](CO)N1C[C@H](C)[C@H](CN(C)S(=O)(=O)c2ccc([N+](=O)[O-])cc2)OCc2ccccc2-c2c(n(C)c3ccccc23)C1=O. The Balaban J connectivity index is 1.57. The second-order valence-corrected chi connectivity index (χ2v) is 13.4. The van der Waals surface area contributed by atoms with Gasteiger partial charge in [-0.2, -0.15) is 4.31 Å². The molecule has 12 heteroatoms. The standard InChI is InChI=1S/C32H36N4O7S/c1-21-17-35(22(2)19-37)32(38)31-30(27-11-7-8-12-28(27)34(31)4)26-10-6-5-9-23(26)20-43-29(21)18-33(3)44(41,42)25-15-13-24(14-16-25)36(39)40/h5-16,21-22,29,37H,17-20H2,1-4H3/t21-,22+,29-/m0/s1. The van der Waals surface area contributed by atoms with E-state index in [-0.39, 0.29) is 48.7 Å².